The Morgan fingerprint density at radius 1 is 1.29 bits per heavy atom. The summed E-state index contributed by atoms with van der Waals surface area (Å²) in [5, 5.41) is 17.0. The van der Waals surface area contributed by atoms with Crippen LogP contribution in [0.2, 0.25) is 5.15 Å². The predicted octanol–water partition coefficient (Wildman–Crippen LogP) is 3.95. The van der Waals surface area contributed by atoms with E-state index in [0.717, 1.165) is 0 Å². The number of aromatic nitrogens is 5. The van der Waals surface area contributed by atoms with E-state index in [1.54, 1.807) is 18.3 Å². The highest BCUT2D eigenvalue weighted by Crippen LogP contribution is 2.33. The molecule has 0 fully saturated rings. The van der Waals surface area contributed by atoms with Crippen LogP contribution < -0.4 is 16.8 Å². The van der Waals surface area contributed by atoms with Crippen molar-refractivity contribution in [1.29, 1.82) is 5.26 Å². The van der Waals surface area contributed by atoms with Crippen LogP contribution in [0.3, 0.4) is 0 Å². The summed E-state index contributed by atoms with van der Waals surface area (Å²) < 4.78 is 16.0. The molecule has 4 rings (SSSR count). The van der Waals surface area contributed by atoms with Gasteiger partial charge in [-0.05, 0) is 35.0 Å². The average Bonchev–Trinajstić information content (AvgIpc) is 3.00. The third kappa shape index (κ3) is 3.83. The summed E-state index contributed by atoms with van der Waals surface area (Å²) >= 11 is 9.51. The first-order valence-electron chi connectivity index (χ1n) is 8.88. The van der Waals surface area contributed by atoms with Crippen molar-refractivity contribution in [2.75, 3.05) is 16.8 Å². The number of benzene rings is 1. The molecule has 3 aromatic heterocycles. The molecule has 0 aliphatic rings. The lowest BCUT2D eigenvalue weighted by Crippen LogP contribution is -2.15. The largest absolute Gasteiger partial charge is 0.382 e. The molecule has 5 N–H and O–H groups in total. The fourth-order valence-electron chi connectivity index (χ4n) is 3.11. The molecule has 12 heteroatoms. The maximum absolute atomic E-state index is 13.9. The highest BCUT2D eigenvalue weighted by atomic mass is 79.9. The van der Waals surface area contributed by atoms with Crippen molar-refractivity contribution < 1.29 is 4.39 Å². The second-order valence-electron chi connectivity index (χ2n) is 6.60. The van der Waals surface area contributed by atoms with E-state index in [4.69, 9.17) is 23.1 Å². The Hall–Kier alpha value is -3.49. The van der Waals surface area contributed by atoms with Crippen LogP contribution in [0.25, 0.3) is 16.9 Å². The van der Waals surface area contributed by atoms with Gasteiger partial charge in [-0.3, -0.25) is 0 Å². The number of anilines is 3. The molecule has 31 heavy (non-hydrogen) atoms. The quantitative estimate of drug-likeness (QED) is 0.380. The predicted molar refractivity (Wildman–Crippen MR) is 119 cm³/mol. The van der Waals surface area contributed by atoms with E-state index in [2.05, 4.69) is 41.3 Å². The Kier molecular flexibility index (Phi) is 5.34. The van der Waals surface area contributed by atoms with Gasteiger partial charge in [0.2, 0.25) is 5.95 Å². The maximum atomic E-state index is 13.9. The summed E-state index contributed by atoms with van der Waals surface area (Å²) in [5.41, 5.74) is 13.7. The smallest absolute Gasteiger partial charge is 0.224 e. The first-order chi connectivity index (χ1) is 14.8. The lowest BCUT2D eigenvalue weighted by Gasteiger charge is -2.19. The van der Waals surface area contributed by atoms with Crippen molar-refractivity contribution in [3.8, 4) is 17.3 Å². The number of halogens is 3. The summed E-state index contributed by atoms with van der Waals surface area (Å²) in [4.78, 5) is 12.6. The first kappa shape index (κ1) is 20.8. The molecular weight excluding hydrogens is 489 g/mol. The fraction of sp³-hybridized carbons (Fsp3) is 0.105. The van der Waals surface area contributed by atoms with Gasteiger partial charge < -0.3 is 16.8 Å². The van der Waals surface area contributed by atoms with Gasteiger partial charge >= 0.3 is 0 Å². The summed E-state index contributed by atoms with van der Waals surface area (Å²) in [5.74, 6) is -0.344. The topological polar surface area (TPSA) is 144 Å². The van der Waals surface area contributed by atoms with Gasteiger partial charge in [-0.15, -0.1) is 0 Å². The Morgan fingerprint density at radius 2 is 2.06 bits per heavy atom. The molecule has 1 aromatic carbocycles. The first-order valence-corrected chi connectivity index (χ1v) is 10.1. The lowest BCUT2D eigenvalue weighted by atomic mass is 10.0. The summed E-state index contributed by atoms with van der Waals surface area (Å²) in [7, 11) is 0. The minimum Gasteiger partial charge on any atom is -0.382 e. The van der Waals surface area contributed by atoms with E-state index >= 15 is 0 Å². The molecule has 0 amide bonds. The average molecular weight is 503 g/mol. The van der Waals surface area contributed by atoms with Crippen LogP contribution in [0.1, 0.15) is 24.1 Å². The molecule has 0 radical (unpaired) electrons. The van der Waals surface area contributed by atoms with Crippen LogP contribution in [-0.4, -0.2) is 24.6 Å². The van der Waals surface area contributed by atoms with Gasteiger partial charge in [-0.25, -0.2) is 13.9 Å². The van der Waals surface area contributed by atoms with Crippen LogP contribution in [0.5, 0.6) is 0 Å². The van der Waals surface area contributed by atoms with Gasteiger partial charge in [0.25, 0.3) is 0 Å². The summed E-state index contributed by atoms with van der Waals surface area (Å²) in [6, 6.07) is 7.57. The van der Waals surface area contributed by atoms with Gasteiger partial charge in [0, 0.05) is 17.3 Å². The van der Waals surface area contributed by atoms with E-state index in [1.807, 2.05) is 13.0 Å². The van der Waals surface area contributed by atoms with Gasteiger partial charge in [0.05, 0.1) is 11.7 Å². The number of nitrogens with one attached hydrogen (secondary N) is 1. The molecule has 0 saturated carbocycles. The van der Waals surface area contributed by atoms with Gasteiger partial charge in [-0.1, -0.05) is 23.7 Å². The molecule has 1 atom stereocenters. The Bertz CT molecular complexity index is 1360. The highest BCUT2D eigenvalue weighted by molar-refractivity contribution is 9.10. The van der Waals surface area contributed by atoms with Crippen LogP contribution >= 0.6 is 27.5 Å². The molecule has 0 aliphatic carbocycles. The molecular formula is C19H14BrClFN9. The molecule has 0 unspecified atom stereocenters. The normalized spacial score (nSPS) is 12.0. The number of rotatable bonds is 4. The van der Waals surface area contributed by atoms with Crippen molar-refractivity contribution in [3.63, 3.8) is 0 Å². The number of nitrogens with zero attached hydrogens (tertiary/aromatic N) is 6. The van der Waals surface area contributed by atoms with Crippen LogP contribution in [-0.2, 0) is 0 Å². The number of hydrogen-bond acceptors (Lipinski definition) is 8. The zero-order chi connectivity index (χ0) is 22.3. The van der Waals surface area contributed by atoms with E-state index in [9.17, 15) is 9.65 Å². The molecule has 156 valence electrons. The van der Waals surface area contributed by atoms with Crippen molar-refractivity contribution in [2.24, 2.45) is 0 Å². The van der Waals surface area contributed by atoms with E-state index in [-0.39, 0.29) is 28.3 Å². The highest BCUT2D eigenvalue weighted by Gasteiger charge is 2.21. The molecule has 0 spiro atoms. The minimum absolute atomic E-state index is 0.0357. The van der Waals surface area contributed by atoms with Crippen LogP contribution in [0.4, 0.5) is 22.0 Å². The van der Waals surface area contributed by atoms with Crippen molar-refractivity contribution in [1.82, 2.24) is 24.6 Å². The number of nitrogen functional groups attached to an aromatic ring is 2. The molecule has 0 saturated heterocycles. The minimum atomic E-state index is -0.460. The van der Waals surface area contributed by atoms with Crippen molar-refractivity contribution in [3.05, 3.63) is 57.0 Å². The van der Waals surface area contributed by atoms with E-state index in [1.165, 1.54) is 16.6 Å². The van der Waals surface area contributed by atoms with Gasteiger partial charge in [0.1, 0.15) is 27.7 Å². The molecule has 0 aliphatic heterocycles. The Balaban J connectivity index is 1.88. The maximum Gasteiger partial charge on any atom is 0.224 e. The lowest BCUT2D eigenvalue weighted by molar-refractivity contribution is 0.628. The second-order valence-corrected chi connectivity index (χ2v) is 7.75. The summed E-state index contributed by atoms with van der Waals surface area (Å²) in [6.45, 7) is 1.82. The third-order valence-electron chi connectivity index (χ3n) is 4.53. The van der Waals surface area contributed by atoms with Gasteiger partial charge in [0.15, 0.2) is 16.6 Å². The van der Waals surface area contributed by atoms with E-state index < -0.39 is 11.9 Å². The number of nitriles is 1. The number of hydrogen-bond donors (Lipinski definition) is 3. The zero-order valence-electron chi connectivity index (χ0n) is 15.9. The molecule has 0 bridgehead atoms. The standard InChI is InChI=1S/C19H14BrClFN9/c1-8(26-17-11(6-23)16(24)28-19(25)29-17)12-7-31-18(13(20)15(21)30-31)27-14(12)9-3-2-4-10(22)5-9/h2-5,7-8H,1H3,(H5,24,25,26,28,29)/t8-/m0/s1. The third-order valence-corrected chi connectivity index (χ3v) is 5.75. The fourth-order valence-corrected chi connectivity index (χ4v) is 3.63. The summed E-state index contributed by atoms with van der Waals surface area (Å²) in [6.07, 6.45) is 1.72. The van der Waals surface area contributed by atoms with Crippen LogP contribution in [0, 0.1) is 17.1 Å². The monoisotopic (exact) mass is 501 g/mol. The zero-order valence-corrected chi connectivity index (χ0v) is 18.3. The van der Waals surface area contributed by atoms with Crippen LogP contribution in [0.15, 0.2) is 34.9 Å². The SMILES string of the molecule is C[C@H](Nc1nc(N)nc(N)c1C#N)c1cn2nc(Cl)c(Br)c2nc1-c1cccc(F)c1. The molecule has 9 nitrogen and oxygen atoms in total. The molecule has 3 heterocycles. The van der Waals surface area contributed by atoms with Crippen molar-refractivity contribution >= 4 is 50.8 Å². The number of fused-ring (bicyclic) bond motifs is 1. The van der Waals surface area contributed by atoms with E-state index in [0.29, 0.717) is 26.9 Å². The van der Waals surface area contributed by atoms with Gasteiger partial charge in [-0.2, -0.15) is 20.3 Å². The van der Waals surface area contributed by atoms with Crippen molar-refractivity contribution in [2.45, 2.75) is 13.0 Å². The molecule has 4 aromatic rings. The number of nitrogens with two attached hydrogens (primary N) is 2. The Morgan fingerprint density at radius 3 is 2.77 bits per heavy atom. The Labute approximate surface area is 189 Å². The second kappa shape index (κ2) is 7.98.